The normalized spacial score (nSPS) is 23.9. The number of carbonyl (C=O) groups is 1. The van der Waals surface area contributed by atoms with Gasteiger partial charge in [0.15, 0.2) is 5.78 Å². The lowest BCUT2D eigenvalue weighted by Crippen LogP contribution is -2.31. The Kier molecular flexibility index (Phi) is 5.36. The summed E-state index contributed by atoms with van der Waals surface area (Å²) in [4.78, 5) is 11.8. The number of aliphatic hydroxyl groups is 1. The number of ketones is 1. The average molecular weight is 234 g/mol. The van der Waals surface area contributed by atoms with E-state index in [0.29, 0.717) is 6.42 Å². The van der Waals surface area contributed by atoms with Gasteiger partial charge >= 0.3 is 0 Å². The van der Waals surface area contributed by atoms with Gasteiger partial charge in [0.1, 0.15) is 6.10 Å². The summed E-state index contributed by atoms with van der Waals surface area (Å²) in [5.41, 5.74) is 2.23. The molecule has 1 aromatic carbocycles. The number of aliphatic hydroxyl groups excluding tert-OH is 1. The van der Waals surface area contributed by atoms with Crippen LogP contribution in [0, 0.1) is 6.92 Å². The summed E-state index contributed by atoms with van der Waals surface area (Å²) in [6, 6.07) is 7.94. The van der Waals surface area contributed by atoms with Crippen molar-refractivity contribution in [2.45, 2.75) is 52.1 Å². The average Bonchev–Trinajstić information content (AvgIpc) is 2.36. The first-order valence-electron chi connectivity index (χ1n) is 6.47. The molecule has 1 aliphatic carbocycles. The van der Waals surface area contributed by atoms with Crippen LogP contribution < -0.4 is 0 Å². The lowest BCUT2D eigenvalue weighted by molar-refractivity contribution is -0.131. The van der Waals surface area contributed by atoms with Crippen molar-refractivity contribution in [3.05, 3.63) is 35.4 Å². The second kappa shape index (κ2) is 6.55. The summed E-state index contributed by atoms with van der Waals surface area (Å²) in [5, 5.41) is 9.55. The van der Waals surface area contributed by atoms with Gasteiger partial charge in [-0.2, -0.15) is 0 Å². The maximum atomic E-state index is 11.8. The molecule has 1 saturated carbocycles. The summed E-state index contributed by atoms with van der Waals surface area (Å²) in [6.07, 6.45) is 1.69. The first-order valence-corrected chi connectivity index (χ1v) is 6.47. The lowest BCUT2D eigenvalue weighted by atomic mass is 9.80. The molecule has 0 bridgehead atoms. The summed E-state index contributed by atoms with van der Waals surface area (Å²) < 4.78 is 0. The SMILES string of the molecule is CC.Cc1ccccc1C1CCCC(O)C1=O. The van der Waals surface area contributed by atoms with Gasteiger partial charge in [0.25, 0.3) is 0 Å². The van der Waals surface area contributed by atoms with E-state index in [4.69, 9.17) is 0 Å². The molecular formula is C15H22O2. The second-order valence-corrected chi connectivity index (χ2v) is 4.26. The predicted octanol–water partition coefficient (Wildman–Crippen LogP) is 3.22. The molecule has 2 nitrogen and oxygen atoms in total. The fourth-order valence-corrected chi connectivity index (χ4v) is 2.32. The van der Waals surface area contributed by atoms with E-state index in [0.717, 1.165) is 24.0 Å². The smallest absolute Gasteiger partial charge is 0.168 e. The third-order valence-electron chi connectivity index (χ3n) is 3.21. The molecule has 0 radical (unpaired) electrons. The van der Waals surface area contributed by atoms with Gasteiger partial charge in [-0.3, -0.25) is 4.79 Å². The Morgan fingerprint density at radius 1 is 1.18 bits per heavy atom. The molecule has 2 heteroatoms. The van der Waals surface area contributed by atoms with Crippen LogP contribution in [0.2, 0.25) is 0 Å². The number of aryl methyl sites for hydroxylation is 1. The molecule has 2 rings (SSSR count). The minimum Gasteiger partial charge on any atom is -0.385 e. The number of rotatable bonds is 1. The lowest BCUT2D eigenvalue weighted by Gasteiger charge is -2.25. The number of Topliss-reactive ketones (excluding diaryl/α,β-unsaturated/α-hetero) is 1. The van der Waals surface area contributed by atoms with Gasteiger partial charge in [-0.05, 0) is 37.3 Å². The van der Waals surface area contributed by atoms with Crippen molar-refractivity contribution in [1.29, 1.82) is 0 Å². The second-order valence-electron chi connectivity index (χ2n) is 4.26. The molecule has 0 amide bonds. The van der Waals surface area contributed by atoms with Gasteiger partial charge in [0.05, 0.1) is 0 Å². The topological polar surface area (TPSA) is 37.3 Å². The minimum atomic E-state index is -0.747. The van der Waals surface area contributed by atoms with E-state index in [9.17, 15) is 9.90 Å². The summed E-state index contributed by atoms with van der Waals surface area (Å²) in [5.74, 6) is -0.0921. The van der Waals surface area contributed by atoms with Crippen molar-refractivity contribution in [1.82, 2.24) is 0 Å². The maximum absolute atomic E-state index is 11.8. The largest absolute Gasteiger partial charge is 0.385 e. The third kappa shape index (κ3) is 3.16. The molecule has 94 valence electrons. The summed E-state index contributed by atoms with van der Waals surface area (Å²) in [6.45, 7) is 6.02. The van der Waals surface area contributed by atoms with E-state index in [1.165, 1.54) is 0 Å². The molecule has 0 heterocycles. The highest BCUT2D eigenvalue weighted by Gasteiger charge is 2.31. The minimum absolute atomic E-state index is 0.00412. The van der Waals surface area contributed by atoms with Crippen molar-refractivity contribution in [3.63, 3.8) is 0 Å². The van der Waals surface area contributed by atoms with Crippen LogP contribution in [0.5, 0.6) is 0 Å². The molecule has 1 N–H and O–H groups in total. The molecule has 0 aliphatic heterocycles. The van der Waals surface area contributed by atoms with Gasteiger partial charge in [0.2, 0.25) is 0 Å². The Hall–Kier alpha value is -1.15. The highest BCUT2D eigenvalue weighted by atomic mass is 16.3. The van der Waals surface area contributed by atoms with E-state index in [1.54, 1.807) is 0 Å². The zero-order chi connectivity index (χ0) is 12.8. The van der Waals surface area contributed by atoms with Crippen LogP contribution in [0.1, 0.15) is 50.2 Å². The zero-order valence-corrected chi connectivity index (χ0v) is 10.9. The van der Waals surface area contributed by atoms with Crippen molar-refractivity contribution in [2.24, 2.45) is 0 Å². The van der Waals surface area contributed by atoms with Crippen molar-refractivity contribution >= 4 is 5.78 Å². The number of hydrogen-bond acceptors (Lipinski definition) is 2. The Morgan fingerprint density at radius 3 is 2.47 bits per heavy atom. The van der Waals surface area contributed by atoms with Crippen molar-refractivity contribution < 1.29 is 9.90 Å². The van der Waals surface area contributed by atoms with Crippen LogP contribution in [0.15, 0.2) is 24.3 Å². The Balaban J connectivity index is 0.000000686. The van der Waals surface area contributed by atoms with Crippen molar-refractivity contribution in [2.75, 3.05) is 0 Å². The molecule has 0 aromatic heterocycles. The van der Waals surface area contributed by atoms with Crippen LogP contribution in [0.4, 0.5) is 0 Å². The zero-order valence-electron chi connectivity index (χ0n) is 10.9. The molecule has 2 unspecified atom stereocenters. The predicted molar refractivity (Wildman–Crippen MR) is 70.1 cm³/mol. The monoisotopic (exact) mass is 234 g/mol. The molecule has 1 aromatic rings. The Bertz CT molecular complexity index is 371. The molecule has 2 atom stereocenters. The van der Waals surface area contributed by atoms with Crippen LogP contribution in [-0.4, -0.2) is 17.0 Å². The van der Waals surface area contributed by atoms with Gasteiger partial charge in [-0.15, -0.1) is 0 Å². The first kappa shape index (κ1) is 13.9. The maximum Gasteiger partial charge on any atom is 0.168 e. The number of carbonyl (C=O) groups excluding carboxylic acids is 1. The van der Waals surface area contributed by atoms with Crippen LogP contribution in [-0.2, 0) is 4.79 Å². The van der Waals surface area contributed by atoms with E-state index < -0.39 is 6.10 Å². The number of hydrogen-bond donors (Lipinski definition) is 1. The van der Waals surface area contributed by atoms with Crippen LogP contribution >= 0.6 is 0 Å². The Morgan fingerprint density at radius 2 is 1.82 bits per heavy atom. The molecule has 1 aliphatic rings. The third-order valence-corrected chi connectivity index (χ3v) is 3.21. The fraction of sp³-hybridized carbons (Fsp3) is 0.533. The molecular weight excluding hydrogens is 212 g/mol. The summed E-state index contributed by atoms with van der Waals surface area (Å²) in [7, 11) is 0. The standard InChI is InChI=1S/C13H16O2.C2H6/c1-9-5-2-3-6-10(9)11-7-4-8-12(14)13(11)15;1-2/h2-3,5-6,11-12,14H,4,7-8H2,1H3;1-2H3. The highest BCUT2D eigenvalue weighted by Crippen LogP contribution is 2.31. The van der Waals surface area contributed by atoms with E-state index >= 15 is 0 Å². The van der Waals surface area contributed by atoms with Crippen LogP contribution in [0.25, 0.3) is 0 Å². The van der Waals surface area contributed by atoms with Crippen LogP contribution in [0.3, 0.4) is 0 Å². The van der Waals surface area contributed by atoms with E-state index in [-0.39, 0.29) is 11.7 Å². The fourth-order valence-electron chi connectivity index (χ4n) is 2.32. The summed E-state index contributed by atoms with van der Waals surface area (Å²) >= 11 is 0. The van der Waals surface area contributed by atoms with Gasteiger partial charge < -0.3 is 5.11 Å². The quantitative estimate of drug-likeness (QED) is 0.810. The molecule has 0 spiro atoms. The van der Waals surface area contributed by atoms with E-state index in [2.05, 4.69) is 0 Å². The van der Waals surface area contributed by atoms with Gasteiger partial charge in [0, 0.05) is 5.92 Å². The molecule has 17 heavy (non-hydrogen) atoms. The Labute approximate surface area is 104 Å². The van der Waals surface area contributed by atoms with Crippen molar-refractivity contribution in [3.8, 4) is 0 Å². The van der Waals surface area contributed by atoms with Gasteiger partial charge in [-0.25, -0.2) is 0 Å². The van der Waals surface area contributed by atoms with E-state index in [1.807, 2.05) is 45.0 Å². The van der Waals surface area contributed by atoms with Gasteiger partial charge in [-0.1, -0.05) is 38.1 Å². The number of benzene rings is 1. The first-order chi connectivity index (χ1) is 8.20. The highest BCUT2D eigenvalue weighted by molar-refractivity contribution is 5.90. The molecule has 0 saturated heterocycles. The molecule has 1 fully saturated rings.